The highest BCUT2D eigenvalue weighted by atomic mass is 16.2. The summed E-state index contributed by atoms with van der Waals surface area (Å²) in [4.78, 5) is 28.4. The molecule has 3 aromatic carbocycles. The zero-order chi connectivity index (χ0) is 21.8. The molecule has 0 bridgehead atoms. The highest BCUT2D eigenvalue weighted by Crippen LogP contribution is 2.32. The minimum absolute atomic E-state index is 0.178. The molecule has 0 saturated carbocycles. The molecule has 31 heavy (non-hydrogen) atoms. The van der Waals surface area contributed by atoms with Crippen LogP contribution in [0.3, 0.4) is 0 Å². The van der Waals surface area contributed by atoms with Crippen molar-refractivity contribution in [2.75, 3.05) is 18.0 Å². The molecule has 0 aromatic heterocycles. The van der Waals surface area contributed by atoms with Crippen molar-refractivity contribution in [2.45, 2.75) is 39.5 Å². The van der Waals surface area contributed by atoms with Crippen LogP contribution in [0.4, 0.5) is 5.69 Å². The third-order valence-electron chi connectivity index (χ3n) is 6.00. The third-order valence-corrected chi connectivity index (χ3v) is 6.00. The zero-order valence-electron chi connectivity index (χ0n) is 18.4. The molecule has 3 heteroatoms. The summed E-state index contributed by atoms with van der Waals surface area (Å²) < 4.78 is 0. The Morgan fingerprint density at radius 2 is 1.26 bits per heavy atom. The average Bonchev–Trinajstić information content (AvgIpc) is 3.02. The summed E-state index contributed by atoms with van der Waals surface area (Å²) in [5.41, 5.74) is 3.35. The predicted molar refractivity (Wildman–Crippen MR) is 129 cm³/mol. The molecule has 1 aliphatic carbocycles. The van der Waals surface area contributed by atoms with E-state index >= 15 is 0 Å². The van der Waals surface area contributed by atoms with Gasteiger partial charge in [0.2, 0.25) is 0 Å². The second-order valence-electron chi connectivity index (χ2n) is 8.25. The van der Waals surface area contributed by atoms with E-state index in [0.29, 0.717) is 11.1 Å². The van der Waals surface area contributed by atoms with Crippen molar-refractivity contribution in [3.63, 3.8) is 0 Å². The van der Waals surface area contributed by atoms with E-state index in [1.807, 2.05) is 48.5 Å². The van der Waals surface area contributed by atoms with Crippen molar-refractivity contribution in [3.8, 4) is 0 Å². The molecule has 0 saturated heterocycles. The van der Waals surface area contributed by atoms with Crippen molar-refractivity contribution < 1.29 is 9.59 Å². The number of anilines is 1. The van der Waals surface area contributed by atoms with Gasteiger partial charge in [0, 0.05) is 29.9 Å². The van der Waals surface area contributed by atoms with Gasteiger partial charge in [-0.3, -0.25) is 9.59 Å². The lowest BCUT2D eigenvalue weighted by Crippen LogP contribution is -2.25. The van der Waals surface area contributed by atoms with Crippen molar-refractivity contribution >= 4 is 34.1 Å². The maximum atomic E-state index is 13.0. The van der Waals surface area contributed by atoms with E-state index in [0.717, 1.165) is 29.4 Å². The molecule has 4 rings (SSSR count). The summed E-state index contributed by atoms with van der Waals surface area (Å²) in [5.74, 6) is -0.357. The number of allylic oxidation sites excluding steroid dienone is 1. The van der Waals surface area contributed by atoms with Crippen LogP contribution >= 0.6 is 0 Å². The Kier molecular flexibility index (Phi) is 6.31. The molecule has 158 valence electrons. The maximum Gasteiger partial charge on any atom is 0.197 e. The largest absolute Gasteiger partial charge is 0.372 e. The molecule has 1 aliphatic rings. The highest BCUT2D eigenvalue weighted by Gasteiger charge is 2.33. The normalized spacial score (nSPS) is 13.0. The van der Waals surface area contributed by atoms with Gasteiger partial charge in [-0.15, -0.1) is 0 Å². The van der Waals surface area contributed by atoms with Crippen LogP contribution in [0, 0.1) is 0 Å². The Balaban J connectivity index is 1.60. The number of fused-ring (bicyclic) bond motifs is 2. The molecule has 3 aromatic rings. The SMILES string of the molecule is CCCCN(CCCC)c1ccc(C=C2C(=O)c3cc4ccccc4cc3C2=O)cc1. The lowest BCUT2D eigenvalue weighted by molar-refractivity contribution is 0.0990. The van der Waals surface area contributed by atoms with Crippen molar-refractivity contribution in [1.29, 1.82) is 0 Å². The molecule has 0 radical (unpaired) electrons. The van der Waals surface area contributed by atoms with E-state index in [2.05, 4.69) is 30.9 Å². The van der Waals surface area contributed by atoms with E-state index in [1.54, 1.807) is 6.08 Å². The van der Waals surface area contributed by atoms with Gasteiger partial charge in [0.1, 0.15) is 0 Å². The van der Waals surface area contributed by atoms with Gasteiger partial charge in [-0.25, -0.2) is 0 Å². The van der Waals surface area contributed by atoms with Crippen LogP contribution in [0.25, 0.3) is 16.8 Å². The predicted octanol–water partition coefficient (Wildman–Crippen LogP) is 6.71. The number of rotatable bonds is 8. The summed E-state index contributed by atoms with van der Waals surface area (Å²) in [5, 5.41) is 1.96. The monoisotopic (exact) mass is 411 g/mol. The molecule has 3 nitrogen and oxygen atoms in total. The molecule has 0 spiro atoms. The molecule has 0 unspecified atom stereocenters. The van der Waals surface area contributed by atoms with Crippen molar-refractivity contribution in [3.05, 3.63) is 82.9 Å². The molecule has 0 N–H and O–H groups in total. The summed E-state index contributed by atoms with van der Waals surface area (Å²) >= 11 is 0. The fourth-order valence-electron chi connectivity index (χ4n) is 4.16. The van der Waals surface area contributed by atoms with E-state index in [4.69, 9.17) is 0 Å². The summed E-state index contributed by atoms with van der Waals surface area (Å²) in [6.07, 6.45) is 6.43. The maximum absolute atomic E-state index is 13.0. The van der Waals surface area contributed by atoms with Gasteiger partial charge in [-0.05, 0) is 59.5 Å². The molecule has 0 atom stereocenters. The average molecular weight is 412 g/mol. The molecule has 0 fully saturated rings. The Hall–Kier alpha value is -3.20. The van der Waals surface area contributed by atoms with Crippen LogP contribution in [-0.2, 0) is 0 Å². The number of hydrogen-bond donors (Lipinski definition) is 0. The Bertz CT molecular complexity index is 1080. The first-order chi connectivity index (χ1) is 15.1. The number of hydrogen-bond acceptors (Lipinski definition) is 3. The number of Topliss-reactive ketones (excluding diaryl/α,β-unsaturated/α-hetero) is 2. The fourth-order valence-corrected chi connectivity index (χ4v) is 4.16. The second kappa shape index (κ2) is 9.30. The van der Waals surface area contributed by atoms with Crippen LogP contribution in [0.15, 0.2) is 66.2 Å². The topological polar surface area (TPSA) is 37.4 Å². The van der Waals surface area contributed by atoms with Gasteiger partial charge in [0.05, 0.1) is 5.57 Å². The number of benzene rings is 3. The van der Waals surface area contributed by atoms with Gasteiger partial charge < -0.3 is 4.90 Å². The Morgan fingerprint density at radius 1 is 0.742 bits per heavy atom. The van der Waals surface area contributed by atoms with Crippen molar-refractivity contribution in [1.82, 2.24) is 0 Å². The molecule has 0 heterocycles. The van der Waals surface area contributed by atoms with E-state index in [9.17, 15) is 9.59 Å². The van der Waals surface area contributed by atoms with E-state index < -0.39 is 0 Å². The smallest absolute Gasteiger partial charge is 0.197 e. The first-order valence-electron chi connectivity index (χ1n) is 11.3. The number of nitrogens with zero attached hydrogens (tertiary/aromatic N) is 1. The minimum atomic E-state index is -0.178. The van der Waals surface area contributed by atoms with E-state index in [-0.39, 0.29) is 17.1 Å². The zero-order valence-corrected chi connectivity index (χ0v) is 18.4. The van der Waals surface area contributed by atoms with Crippen LogP contribution in [0.5, 0.6) is 0 Å². The Labute approximate surface area is 184 Å². The quantitative estimate of drug-likeness (QED) is 0.305. The summed E-state index contributed by atoms with van der Waals surface area (Å²) in [6, 6.07) is 19.7. The van der Waals surface area contributed by atoms with Gasteiger partial charge in [0.15, 0.2) is 11.6 Å². The number of carbonyl (C=O) groups excluding carboxylic acids is 2. The molecular formula is C28H29NO2. The highest BCUT2D eigenvalue weighted by molar-refractivity contribution is 6.42. The first kappa shape index (κ1) is 21.0. The number of carbonyl (C=O) groups is 2. The Morgan fingerprint density at radius 3 is 1.74 bits per heavy atom. The van der Waals surface area contributed by atoms with Crippen LogP contribution in [0.2, 0.25) is 0 Å². The van der Waals surface area contributed by atoms with Gasteiger partial charge >= 0.3 is 0 Å². The van der Waals surface area contributed by atoms with Gasteiger partial charge in [-0.1, -0.05) is 63.1 Å². The summed E-state index contributed by atoms with van der Waals surface area (Å²) in [7, 11) is 0. The lowest BCUT2D eigenvalue weighted by atomic mass is 10.0. The summed E-state index contributed by atoms with van der Waals surface area (Å²) in [6.45, 7) is 6.53. The molecule has 0 amide bonds. The van der Waals surface area contributed by atoms with Gasteiger partial charge in [0.25, 0.3) is 0 Å². The lowest BCUT2D eigenvalue weighted by Gasteiger charge is -2.24. The molecular weight excluding hydrogens is 382 g/mol. The van der Waals surface area contributed by atoms with E-state index in [1.165, 1.54) is 31.4 Å². The fraction of sp³-hybridized carbons (Fsp3) is 0.286. The molecule has 0 aliphatic heterocycles. The second-order valence-corrected chi connectivity index (χ2v) is 8.25. The van der Waals surface area contributed by atoms with Crippen LogP contribution in [-0.4, -0.2) is 24.7 Å². The third kappa shape index (κ3) is 4.32. The minimum Gasteiger partial charge on any atom is -0.372 e. The number of ketones is 2. The number of unbranched alkanes of at least 4 members (excludes halogenated alkanes) is 2. The van der Waals surface area contributed by atoms with Crippen molar-refractivity contribution in [2.24, 2.45) is 0 Å². The standard InChI is InChI=1S/C28H29NO2/c1-3-5-15-29(16-6-4-2)23-13-11-20(12-14-23)17-26-27(30)24-18-21-9-7-8-10-22(21)19-25(24)28(26)31/h7-14,17-19H,3-6,15-16H2,1-2H3. The van der Waals surface area contributed by atoms with Gasteiger partial charge in [-0.2, -0.15) is 0 Å². The van der Waals surface area contributed by atoms with Crippen LogP contribution in [0.1, 0.15) is 65.8 Å². The first-order valence-corrected chi connectivity index (χ1v) is 11.3. The van der Waals surface area contributed by atoms with Crippen LogP contribution < -0.4 is 4.90 Å².